The number of amides is 1. The van der Waals surface area contributed by atoms with E-state index >= 15 is 0 Å². The number of ether oxygens (including phenoxy) is 1. The summed E-state index contributed by atoms with van der Waals surface area (Å²) in [6.07, 6.45) is 5.78. The van der Waals surface area contributed by atoms with Gasteiger partial charge in [-0.1, -0.05) is 0 Å². The fourth-order valence-electron chi connectivity index (χ4n) is 4.41. The maximum absolute atomic E-state index is 13.8. The van der Waals surface area contributed by atoms with Gasteiger partial charge in [0, 0.05) is 23.8 Å². The number of carbonyl (C=O) groups excluding carboxylic acids is 1. The SMILES string of the molecule is COc1ccc(C(=O)N[C@@H](C)C2(O)CCC(c3ccnc4ccc(F)cc34)CC2)cn1. The molecule has 1 aliphatic carbocycles. The number of aliphatic hydroxyl groups is 1. The summed E-state index contributed by atoms with van der Waals surface area (Å²) in [6, 6.07) is 9.43. The zero-order chi connectivity index (χ0) is 22.0. The van der Waals surface area contributed by atoms with Crippen molar-refractivity contribution in [2.24, 2.45) is 0 Å². The van der Waals surface area contributed by atoms with Gasteiger partial charge in [0.25, 0.3) is 5.91 Å². The fourth-order valence-corrected chi connectivity index (χ4v) is 4.41. The summed E-state index contributed by atoms with van der Waals surface area (Å²) < 4.78 is 18.8. The van der Waals surface area contributed by atoms with Gasteiger partial charge in [0.2, 0.25) is 5.88 Å². The van der Waals surface area contributed by atoms with Crippen LogP contribution in [0.2, 0.25) is 0 Å². The first-order chi connectivity index (χ1) is 14.9. The van der Waals surface area contributed by atoms with E-state index in [1.807, 2.05) is 13.0 Å². The van der Waals surface area contributed by atoms with Gasteiger partial charge in [-0.15, -0.1) is 0 Å². The summed E-state index contributed by atoms with van der Waals surface area (Å²) in [7, 11) is 1.52. The lowest BCUT2D eigenvalue weighted by Gasteiger charge is -2.40. The maximum Gasteiger partial charge on any atom is 0.253 e. The van der Waals surface area contributed by atoms with E-state index in [1.54, 1.807) is 24.4 Å². The Hall–Kier alpha value is -3.06. The summed E-state index contributed by atoms with van der Waals surface area (Å²) in [4.78, 5) is 20.9. The van der Waals surface area contributed by atoms with Crippen LogP contribution in [0.3, 0.4) is 0 Å². The molecule has 0 radical (unpaired) electrons. The second-order valence-electron chi connectivity index (χ2n) is 8.22. The van der Waals surface area contributed by atoms with Crippen molar-refractivity contribution in [2.45, 2.75) is 50.2 Å². The second kappa shape index (κ2) is 8.59. The smallest absolute Gasteiger partial charge is 0.253 e. The third-order valence-corrected chi connectivity index (χ3v) is 6.39. The van der Waals surface area contributed by atoms with Crippen LogP contribution < -0.4 is 10.1 Å². The van der Waals surface area contributed by atoms with Crippen LogP contribution in [0.15, 0.2) is 48.8 Å². The van der Waals surface area contributed by atoms with Crippen molar-refractivity contribution in [2.75, 3.05) is 7.11 Å². The van der Waals surface area contributed by atoms with Crippen LogP contribution in [0.25, 0.3) is 10.9 Å². The van der Waals surface area contributed by atoms with Crippen LogP contribution in [0.1, 0.15) is 54.4 Å². The van der Waals surface area contributed by atoms with Gasteiger partial charge < -0.3 is 15.2 Å². The molecule has 0 unspecified atom stereocenters. The van der Waals surface area contributed by atoms with Crippen LogP contribution in [0, 0.1) is 5.82 Å². The van der Waals surface area contributed by atoms with Crippen LogP contribution in [0.4, 0.5) is 4.39 Å². The van der Waals surface area contributed by atoms with Gasteiger partial charge in [-0.3, -0.25) is 9.78 Å². The topological polar surface area (TPSA) is 84.3 Å². The highest BCUT2D eigenvalue weighted by atomic mass is 19.1. The van der Waals surface area contributed by atoms with E-state index in [9.17, 15) is 14.3 Å². The van der Waals surface area contributed by atoms with Crippen LogP contribution in [-0.2, 0) is 0 Å². The zero-order valence-electron chi connectivity index (χ0n) is 17.6. The summed E-state index contributed by atoms with van der Waals surface area (Å²) >= 11 is 0. The molecule has 3 aromatic rings. The Morgan fingerprint density at radius 2 is 2.00 bits per heavy atom. The molecule has 0 saturated heterocycles. The van der Waals surface area contributed by atoms with Gasteiger partial charge >= 0.3 is 0 Å². The number of nitrogens with one attached hydrogen (secondary N) is 1. The van der Waals surface area contributed by atoms with Crippen LogP contribution >= 0.6 is 0 Å². The Morgan fingerprint density at radius 3 is 2.68 bits per heavy atom. The molecule has 0 spiro atoms. The van der Waals surface area contributed by atoms with Crippen molar-refractivity contribution >= 4 is 16.8 Å². The number of pyridine rings is 2. The maximum atomic E-state index is 13.8. The number of fused-ring (bicyclic) bond motifs is 1. The van der Waals surface area contributed by atoms with Crippen molar-refractivity contribution in [1.29, 1.82) is 0 Å². The van der Waals surface area contributed by atoms with E-state index in [1.165, 1.54) is 25.4 Å². The number of aromatic nitrogens is 2. The molecule has 1 saturated carbocycles. The Labute approximate surface area is 180 Å². The first-order valence-electron chi connectivity index (χ1n) is 10.5. The lowest BCUT2D eigenvalue weighted by Crippen LogP contribution is -2.52. The molecule has 6 nitrogen and oxygen atoms in total. The minimum atomic E-state index is -1.000. The predicted octanol–water partition coefficient (Wildman–Crippen LogP) is 3.98. The number of benzene rings is 1. The number of nitrogens with zero attached hydrogens (tertiary/aromatic N) is 2. The molecule has 4 rings (SSSR count). The van der Waals surface area contributed by atoms with Gasteiger partial charge in [0.1, 0.15) is 5.82 Å². The van der Waals surface area contributed by atoms with Gasteiger partial charge in [-0.2, -0.15) is 0 Å². The number of hydrogen-bond acceptors (Lipinski definition) is 5. The largest absolute Gasteiger partial charge is 0.481 e. The third kappa shape index (κ3) is 4.37. The van der Waals surface area contributed by atoms with Crippen LogP contribution in [-0.4, -0.2) is 39.7 Å². The molecular formula is C24H26FN3O3. The molecule has 7 heteroatoms. The van der Waals surface area contributed by atoms with Crippen LogP contribution in [0.5, 0.6) is 5.88 Å². The molecule has 1 amide bonds. The molecule has 31 heavy (non-hydrogen) atoms. The summed E-state index contributed by atoms with van der Waals surface area (Å²) in [5.74, 6) is 0.0820. The second-order valence-corrected chi connectivity index (χ2v) is 8.22. The van der Waals surface area contributed by atoms with E-state index in [2.05, 4.69) is 15.3 Å². The molecule has 1 aromatic carbocycles. The number of carbonyl (C=O) groups is 1. The minimum Gasteiger partial charge on any atom is -0.481 e. The molecule has 1 aliphatic rings. The zero-order valence-corrected chi connectivity index (χ0v) is 17.6. The molecule has 2 N–H and O–H groups in total. The predicted molar refractivity (Wildman–Crippen MR) is 116 cm³/mol. The molecule has 0 bridgehead atoms. The van der Waals surface area contributed by atoms with Gasteiger partial charge in [-0.25, -0.2) is 9.37 Å². The monoisotopic (exact) mass is 423 g/mol. The fraction of sp³-hybridized carbons (Fsp3) is 0.375. The van der Waals surface area contributed by atoms with Crippen molar-refractivity contribution in [3.05, 3.63) is 65.7 Å². The number of rotatable bonds is 5. The molecule has 0 aliphatic heterocycles. The van der Waals surface area contributed by atoms with Crippen molar-refractivity contribution in [3.8, 4) is 5.88 Å². The summed E-state index contributed by atoms with van der Waals surface area (Å²) in [6.45, 7) is 1.83. The number of hydrogen-bond donors (Lipinski definition) is 2. The molecule has 2 heterocycles. The van der Waals surface area contributed by atoms with E-state index in [-0.39, 0.29) is 17.6 Å². The Bertz CT molecular complexity index is 1080. The quantitative estimate of drug-likeness (QED) is 0.648. The standard InChI is InChI=1S/C24H26FN3O3/c1-15(28-23(29)17-3-6-22(31-2)27-14-17)24(30)10-7-16(8-11-24)19-9-12-26-21-5-4-18(25)13-20(19)21/h3-6,9,12-16,30H,7-8,10-11H2,1-2H3,(H,28,29)/t15-,16?,24?/m0/s1. The highest BCUT2D eigenvalue weighted by molar-refractivity contribution is 5.94. The average Bonchev–Trinajstić information content (AvgIpc) is 2.79. The third-order valence-electron chi connectivity index (χ3n) is 6.39. The Kier molecular flexibility index (Phi) is 5.87. The minimum absolute atomic E-state index is 0.210. The molecular weight excluding hydrogens is 397 g/mol. The highest BCUT2D eigenvalue weighted by Gasteiger charge is 2.39. The van der Waals surface area contributed by atoms with Gasteiger partial charge in [-0.05, 0) is 74.4 Å². The highest BCUT2D eigenvalue weighted by Crippen LogP contribution is 2.41. The van der Waals surface area contributed by atoms with E-state index < -0.39 is 11.6 Å². The van der Waals surface area contributed by atoms with Crippen molar-refractivity contribution in [3.63, 3.8) is 0 Å². The lowest BCUT2D eigenvalue weighted by molar-refractivity contribution is -0.0276. The summed E-state index contributed by atoms with van der Waals surface area (Å²) in [5, 5.41) is 14.9. The van der Waals surface area contributed by atoms with E-state index in [0.29, 0.717) is 24.3 Å². The van der Waals surface area contributed by atoms with Crippen molar-refractivity contribution in [1.82, 2.24) is 15.3 Å². The van der Waals surface area contributed by atoms with Crippen molar-refractivity contribution < 1.29 is 19.0 Å². The average molecular weight is 423 g/mol. The van der Waals surface area contributed by atoms with Gasteiger partial charge in [0.15, 0.2) is 0 Å². The normalized spacial score (nSPS) is 22.1. The first-order valence-corrected chi connectivity index (χ1v) is 10.5. The number of methoxy groups -OCH3 is 1. The Balaban J connectivity index is 1.43. The lowest BCUT2D eigenvalue weighted by atomic mass is 9.73. The molecule has 2 aromatic heterocycles. The van der Waals surface area contributed by atoms with E-state index in [4.69, 9.17) is 4.74 Å². The first kappa shape index (κ1) is 21.2. The number of halogens is 1. The molecule has 162 valence electrons. The Morgan fingerprint density at radius 1 is 1.23 bits per heavy atom. The molecule has 1 atom stereocenters. The molecule has 1 fully saturated rings. The van der Waals surface area contributed by atoms with Gasteiger partial charge in [0.05, 0.1) is 29.8 Å². The van der Waals surface area contributed by atoms with E-state index in [0.717, 1.165) is 29.3 Å². The summed E-state index contributed by atoms with van der Waals surface area (Å²) in [5.41, 5.74) is 1.25.